The van der Waals surface area contributed by atoms with Crippen LogP contribution in [-0.4, -0.2) is 53.3 Å². The fourth-order valence-corrected chi connectivity index (χ4v) is 4.00. The van der Waals surface area contributed by atoms with Crippen molar-refractivity contribution in [2.45, 2.75) is 32.0 Å². The molecule has 2 atom stereocenters. The summed E-state index contributed by atoms with van der Waals surface area (Å²) in [5, 5.41) is 0. The van der Waals surface area contributed by atoms with E-state index < -0.39 is 0 Å². The van der Waals surface area contributed by atoms with Crippen molar-refractivity contribution >= 4 is 17.7 Å². The highest BCUT2D eigenvalue weighted by atomic mass is 16.5. The lowest BCUT2D eigenvalue weighted by Gasteiger charge is -2.37. The Bertz CT molecular complexity index is 892. The number of hydrogen-bond acceptors (Lipinski definition) is 4. The van der Waals surface area contributed by atoms with Gasteiger partial charge in [0.25, 0.3) is 11.8 Å². The molecule has 0 saturated carbocycles. The van der Waals surface area contributed by atoms with Crippen LogP contribution in [0.4, 0.5) is 0 Å². The first-order valence-corrected chi connectivity index (χ1v) is 9.98. The minimum Gasteiger partial charge on any atom is -0.367 e. The van der Waals surface area contributed by atoms with Crippen LogP contribution in [0.25, 0.3) is 0 Å². The van der Waals surface area contributed by atoms with E-state index in [0.717, 1.165) is 5.56 Å². The molecule has 2 unspecified atom stereocenters. The first-order chi connectivity index (χ1) is 14.0. The predicted molar refractivity (Wildman–Crippen MR) is 107 cm³/mol. The van der Waals surface area contributed by atoms with Crippen LogP contribution < -0.4 is 0 Å². The van der Waals surface area contributed by atoms with Gasteiger partial charge in [0.1, 0.15) is 6.10 Å². The van der Waals surface area contributed by atoms with Gasteiger partial charge in [0, 0.05) is 19.5 Å². The molecule has 6 heteroatoms. The van der Waals surface area contributed by atoms with Gasteiger partial charge in [0.05, 0.1) is 23.8 Å². The van der Waals surface area contributed by atoms with E-state index in [1.54, 1.807) is 24.3 Å². The van der Waals surface area contributed by atoms with Crippen LogP contribution in [-0.2, 0) is 9.53 Å². The zero-order chi connectivity index (χ0) is 20.4. The lowest BCUT2D eigenvalue weighted by Crippen LogP contribution is -2.46. The van der Waals surface area contributed by atoms with Crippen LogP contribution in [0.1, 0.15) is 52.1 Å². The number of nitrogens with zero attached hydrogens (tertiary/aromatic N) is 2. The molecule has 0 N–H and O–H groups in total. The van der Waals surface area contributed by atoms with Crippen molar-refractivity contribution in [3.8, 4) is 0 Å². The molecule has 2 aromatic rings. The minimum atomic E-state index is -0.276. The number of amides is 3. The SMILES string of the molecule is CC1CN(C(=O)CCCN2C(=O)c3ccccc3C2=O)CC(c2ccccc2)O1. The number of imide groups is 1. The maximum Gasteiger partial charge on any atom is 0.261 e. The van der Waals surface area contributed by atoms with Gasteiger partial charge in [0.15, 0.2) is 0 Å². The molecule has 1 saturated heterocycles. The number of fused-ring (bicyclic) bond motifs is 1. The van der Waals surface area contributed by atoms with Gasteiger partial charge in [-0.05, 0) is 31.0 Å². The van der Waals surface area contributed by atoms with Gasteiger partial charge in [-0.2, -0.15) is 0 Å². The van der Waals surface area contributed by atoms with E-state index in [0.29, 0.717) is 37.1 Å². The Morgan fingerprint density at radius 2 is 1.59 bits per heavy atom. The molecule has 3 amide bonds. The van der Waals surface area contributed by atoms with Crippen LogP contribution in [0, 0.1) is 0 Å². The molecule has 0 spiro atoms. The third-order valence-corrected chi connectivity index (χ3v) is 5.43. The van der Waals surface area contributed by atoms with Crippen LogP contribution in [0.2, 0.25) is 0 Å². The van der Waals surface area contributed by atoms with Gasteiger partial charge in [0.2, 0.25) is 5.91 Å². The normalized spacial score (nSPS) is 21.4. The molecular formula is C23H24N2O4. The van der Waals surface area contributed by atoms with Crippen LogP contribution in [0.15, 0.2) is 54.6 Å². The molecule has 2 aliphatic heterocycles. The molecule has 2 aliphatic rings. The maximum absolute atomic E-state index is 12.8. The fourth-order valence-electron chi connectivity index (χ4n) is 4.00. The number of rotatable bonds is 5. The summed E-state index contributed by atoms with van der Waals surface area (Å²) >= 11 is 0. The standard InChI is InChI=1S/C23H24N2O4/c1-16-14-24(15-20(29-16)17-8-3-2-4-9-17)21(26)12-7-13-25-22(27)18-10-5-6-11-19(18)23(25)28/h2-6,8-11,16,20H,7,12-15H2,1H3. The quantitative estimate of drug-likeness (QED) is 0.734. The highest BCUT2D eigenvalue weighted by molar-refractivity contribution is 6.21. The molecule has 4 rings (SSSR count). The van der Waals surface area contributed by atoms with E-state index in [2.05, 4.69) is 0 Å². The Morgan fingerprint density at radius 1 is 0.966 bits per heavy atom. The van der Waals surface area contributed by atoms with Gasteiger partial charge in [-0.3, -0.25) is 19.3 Å². The number of morpholine rings is 1. The fraction of sp³-hybridized carbons (Fsp3) is 0.348. The Labute approximate surface area is 170 Å². The second-order valence-corrected chi connectivity index (χ2v) is 7.56. The number of hydrogen-bond donors (Lipinski definition) is 0. The number of carbonyl (C=O) groups excluding carboxylic acids is 3. The zero-order valence-corrected chi connectivity index (χ0v) is 16.4. The summed E-state index contributed by atoms with van der Waals surface area (Å²) in [5.74, 6) is -0.526. The summed E-state index contributed by atoms with van der Waals surface area (Å²) in [7, 11) is 0. The Balaban J connectivity index is 1.33. The van der Waals surface area contributed by atoms with Crippen molar-refractivity contribution in [2.75, 3.05) is 19.6 Å². The number of carbonyl (C=O) groups is 3. The summed E-state index contributed by atoms with van der Waals surface area (Å²) in [5.41, 5.74) is 1.94. The molecule has 29 heavy (non-hydrogen) atoms. The Morgan fingerprint density at radius 3 is 2.24 bits per heavy atom. The molecule has 0 bridgehead atoms. The molecule has 0 aliphatic carbocycles. The molecule has 0 aromatic heterocycles. The third kappa shape index (κ3) is 3.93. The third-order valence-electron chi connectivity index (χ3n) is 5.43. The van der Waals surface area contributed by atoms with Crippen LogP contribution in [0.5, 0.6) is 0 Å². The van der Waals surface area contributed by atoms with Gasteiger partial charge < -0.3 is 9.64 Å². The molecular weight excluding hydrogens is 368 g/mol. The number of ether oxygens (including phenoxy) is 1. The average molecular weight is 392 g/mol. The molecule has 1 fully saturated rings. The highest BCUT2D eigenvalue weighted by Gasteiger charge is 2.35. The second kappa shape index (κ2) is 8.17. The van der Waals surface area contributed by atoms with E-state index in [9.17, 15) is 14.4 Å². The molecule has 150 valence electrons. The van der Waals surface area contributed by atoms with Crippen molar-refractivity contribution in [1.82, 2.24) is 9.80 Å². The Kier molecular flexibility index (Phi) is 5.45. The molecule has 2 aromatic carbocycles. The Hall–Kier alpha value is -2.99. The maximum atomic E-state index is 12.8. The topological polar surface area (TPSA) is 66.9 Å². The minimum absolute atomic E-state index is 0.0256. The largest absolute Gasteiger partial charge is 0.367 e. The van der Waals surface area contributed by atoms with Gasteiger partial charge >= 0.3 is 0 Å². The summed E-state index contributed by atoms with van der Waals surface area (Å²) in [4.78, 5) is 40.7. The highest BCUT2D eigenvalue weighted by Crippen LogP contribution is 2.26. The van der Waals surface area contributed by atoms with Crippen molar-refractivity contribution < 1.29 is 19.1 Å². The van der Waals surface area contributed by atoms with E-state index in [1.807, 2.05) is 42.2 Å². The van der Waals surface area contributed by atoms with Crippen molar-refractivity contribution in [3.63, 3.8) is 0 Å². The van der Waals surface area contributed by atoms with Crippen LogP contribution >= 0.6 is 0 Å². The van der Waals surface area contributed by atoms with Crippen LogP contribution in [0.3, 0.4) is 0 Å². The van der Waals surface area contributed by atoms with Crippen molar-refractivity contribution in [1.29, 1.82) is 0 Å². The molecule has 6 nitrogen and oxygen atoms in total. The second-order valence-electron chi connectivity index (χ2n) is 7.56. The summed E-state index contributed by atoms with van der Waals surface area (Å²) < 4.78 is 6.01. The molecule has 2 heterocycles. The van der Waals surface area contributed by atoms with Gasteiger partial charge in [-0.25, -0.2) is 0 Å². The first kappa shape index (κ1) is 19.3. The van der Waals surface area contributed by atoms with E-state index >= 15 is 0 Å². The van der Waals surface area contributed by atoms with Gasteiger partial charge in [-0.15, -0.1) is 0 Å². The average Bonchev–Trinajstić information content (AvgIpc) is 2.99. The first-order valence-electron chi connectivity index (χ1n) is 9.98. The molecule has 0 radical (unpaired) electrons. The van der Waals surface area contributed by atoms with Crippen molar-refractivity contribution in [2.24, 2.45) is 0 Å². The lowest BCUT2D eigenvalue weighted by atomic mass is 10.1. The smallest absolute Gasteiger partial charge is 0.261 e. The van der Waals surface area contributed by atoms with E-state index in [1.165, 1.54) is 4.90 Å². The monoisotopic (exact) mass is 392 g/mol. The van der Waals surface area contributed by atoms with E-state index in [-0.39, 0.29) is 36.5 Å². The van der Waals surface area contributed by atoms with E-state index in [4.69, 9.17) is 4.74 Å². The van der Waals surface area contributed by atoms with Gasteiger partial charge in [-0.1, -0.05) is 42.5 Å². The predicted octanol–water partition coefficient (Wildman–Crippen LogP) is 3.05. The summed E-state index contributed by atoms with van der Waals surface area (Å²) in [6, 6.07) is 16.7. The summed E-state index contributed by atoms with van der Waals surface area (Å²) in [6.45, 7) is 3.28. The van der Waals surface area contributed by atoms with Crippen molar-refractivity contribution in [3.05, 3.63) is 71.3 Å². The number of benzene rings is 2. The summed E-state index contributed by atoms with van der Waals surface area (Å²) in [6.07, 6.45) is 0.558. The lowest BCUT2D eigenvalue weighted by molar-refractivity contribution is -0.145. The zero-order valence-electron chi connectivity index (χ0n) is 16.4.